The van der Waals surface area contributed by atoms with Crippen LogP contribution in [0.5, 0.6) is 0 Å². The Labute approximate surface area is 289 Å². The van der Waals surface area contributed by atoms with Gasteiger partial charge < -0.3 is 29.3 Å². The van der Waals surface area contributed by atoms with Gasteiger partial charge in [-0.1, -0.05) is 61.1 Å². The third-order valence-corrected chi connectivity index (χ3v) is 8.68. The highest BCUT2D eigenvalue weighted by atomic mass is 16.7. The van der Waals surface area contributed by atoms with Crippen LogP contribution in [0.4, 0.5) is 0 Å². The minimum atomic E-state index is -0.504. The van der Waals surface area contributed by atoms with E-state index in [-0.39, 0.29) is 37.4 Å². The van der Waals surface area contributed by atoms with Crippen molar-refractivity contribution in [3.8, 4) is 0 Å². The number of aliphatic hydroxyl groups excluding tert-OH is 2. The standard InChI is InChI=1S/C40H73NO6/c1-33(2)19-21-37(35(5)6)31-46-40(47-32-38(36(7)8)22-20-34(3)4)24-23-39(44)45-30-18-12-10-14-26-41(27-15-17-29-43)25-13-9-11-16-28-42/h37-38,40,42-43H,1,3,5,7,9-32H2,2,4,6,8H3. The van der Waals surface area contributed by atoms with Crippen molar-refractivity contribution in [1.29, 1.82) is 0 Å². The molecule has 0 rings (SSSR count). The molecule has 0 spiro atoms. The third kappa shape index (κ3) is 27.8. The smallest absolute Gasteiger partial charge is 0.305 e. The molecule has 0 saturated heterocycles. The molecule has 0 aliphatic heterocycles. The van der Waals surface area contributed by atoms with Crippen LogP contribution in [0.15, 0.2) is 48.6 Å². The molecule has 0 amide bonds. The number of hydrogen-bond donors (Lipinski definition) is 2. The van der Waals surface area contributed by atoms with E-state index in [1.54, 1.807) is 0 Å². The highest BCUT2D eigenvalue weighted by Crippen LogP contribution is 2.23. The van der Waals surface area contributed by atoms with E-state index in [1.807, 2.05) is 27.7 Å². The fourth-order valence-electron chi connectivity index (χ4n) is 5.32. The molecule has 0 aliphatic rings. The van der Waals surface area contributed by atoms with Crippen molar-refractivity contribution in [2.24, 2.45) is 11.8 Å². The Hall–Kier alpha value is -1.77. The van der Waals surface area contributed by atoms with Crippen molar-refractivity contribution in [2.45, 2.75) is 137 Å². The lowest BCUT2D eigenvalue weighted by atomic mass is 9.95. The average molecular weight is 664 g/mol. The maximum Gasteiger partial charge on any atom is 0.305 e. The largest absolute Gasteiger partial charge is 0.466 e. The normalized spacial score (nSPS) is 13.3. The van der Waals surface area contributed by atoms with Gasteiger partial charge in [-0.05, 0) is 112 Å². The SMILES string of the molecule is C=C(C)CCC(COC(CCC(=O)OCCCCCCN(CCCCO)CCCCCCO)OCC(CCC(=C)C)C(=C)C)C(=C)C. The van der Waals surface area contributed by atoms with E-state index in [4.69, 9.17) is 24.4 Å². The summed E-state index contributed by atoms with van der Waals surface area (Å²) in [5, 5.41) is 18.1. The van der Waals surface area contributed by atoms with E-state index in [1.165, 1.54) is 0 Å². The molecule has 0 radical (unpaired) electrons. The Kier molecular flexibility index (Phi) is 29.2. The predicted octanol–water partition coefficient (Wildman–Crippen LogP) is 8.95. The van der Waals surface area contributed by atoms with Gasteiger partial charge in [-0.25, -0.2) is 0 Å². The Morgan fingerprint density at radius 2 is 1.02 bits per heavy atom. The summed E-state index contributed by atoms with van der Waals surface area (Å²) in [6.45, 7) is 29.7. The average Bonchev–Trinajstić information content (AvgIpc) is 3.01. The lowest BCUT2D eigenvalue weighted by Crippen LogP contribution is -2.27. The Balaban J connectivity index is 4.70. The minimum Gasteiger partial charge on any atom is -0.466 e. The van der Waals surface area contributed by atoms with Crippen LogP contribution in [0.1, 0.15) is 130 Å². The second-order valence-electron chi connectivity index (χ2n) is 13.8. The molecule has 2 N–H and O–H groups in total. The highest BCUT2D eigenvalue weighted by Gasteiger charge is 2.20. The zero-order chi connectivity index (χ0) is 35.3. The molecule has 0 saturated carbocycles. The second-order valence-corrected chi connectivity index (χ2v) is 13.8. The van der Waals surface area contributed by atoms with E-state index in [9.17, 15) is 4.79 Å². The number of carbonyl (C=O) groups is 1. The molecule has 0 aromatic rings. The molecule has 7 nitrogen and oxygen atoms in total. The van der Waals surface area contributed by atoms with Gasteiger partial charge in [-0.15, -0.1) is 13.2 Å². The first-order valence-corrected chi connectivity index (χ1v) is 18.4. The lowest BCUT2D eigenvalue weighted by Gasteiger charge is -2.25. The molecule has 0 aliphatic carbocycles. The van der Waals surface area contributed by atoms with Crippen molar-refractivity contribution in [3.05, 3.63) is 48.6 Å². The molecule has 0 aromatic heterocycles. The molecule has 0 fully saturated rings. The number of aliphatic hydroxyl groups is 2. The van der Waals surface area contributed by atoms with Crippen LogP contribution in [0.3, 0.4) is 0 Å². The van der Waals surface area contributed by atoms with Crippen LogP contribution < -0.4 is 0 Å². The summed E-state index contributed by atoms with van der Waals surface area (Å²) < 4.78 is 18.1. The molecule has 0 heterocycles. The predicted molar refractivity (Wildman–Crippen MR) is 197 cm³/mol. The summed E-state index contributed by atoms with van der Waals surface area (Å²) in [5.74, 6) is 0.195. The van der Waals surface area contributed by atoms with Crippen molar-refractivity contribution < 1.29 is 29.2 Å². The van der Waals surface area contributed by atoms with Crippen LogP contribution in [0.2, 0.25) is 0 Å². The van der Waals surface area contributed by atoms with Gasteiger partial charge in [-0.3, -0.25) is 4.79 Å². The number of allylic oxidation sites excluding steroid dienone is 2. The summed E-state index contributed by atoms with van der Waals surface area (Å²) in [4.78, 5) is 15.2. The van der Waals surface area contributed by atoms with E-state index in [0.29, 0.717) is 26.2 Å². The van der Waals surface area contributed by atoms with Crippen molar-refractivity contribution in [2.75, 3.05) is 52.7 Å². The van der Waals surface area contributed by atoms with Gasteiger partial charge in [0.1, 0.15) is 0 Å². The van der Waals surface area contributed by atoms with Gasteiger partial charge >= 0.3 is 5.97 Å². The molecular weight excluding hydrogens is 590 g/mol. The Morgan fingerprint density at radius 1 is 0.596 bits per heavy atom. The lowest BCUT2D eigenvalue weighted by molar-refractivity contribution is -0.165. The number of carbonyl (C=O) groups excluding carboxylic acids is 1. The first-order valence-electron chi connectivity index (χ1n) is 18.4. The van der Waals surface area contributed by atoms with Gasteiger partial charge in [-0.2, -0.15) is 0 Å². The van der Waals surface area contributed by atoms with E-state index in [2.05, 4.69) is 31.2 Å². The maximum atomic E-state index is 12.6. The first kappa shape index (κ1) is 45.2. The Bertz CT molecular complexity index is 816. The zero-order valence-corrected chi connectivity index (χ0v) is 31.0. The number of ether oxygens (including phenoxy) is 3. The minimum absolute atomic E-state index is 0.203. The third-order valence-electron chi connectivity index (χ3n) is 8.68. The Morgan fingerprint density at radius 3 is 1.47 bits per heavy atom. The van der Waals surface area contributed by atoms with Crippen LogP contribution in [0, 0.1) is 11.8 Å². The molecule has 0 bridgehead atoms. The molecule has 2 atom stereocenters. The van der Waals surface area contributed by atoms with Gasteiger partial charge in [0.15, 0.2) is 6.29 Å². The van der Waals surface area contributed by atoms with E-state index >= 15 is 0 Å². The van der Waals surface area contributed by atoms with Gasteiger partial charge in [0, 0.05) is 31.5 Å². The molecule has 274 valence electrons. The summed E-state index contributed by atoms with van der Waals surface area (Å²) in [6.07, 6.45) is 14.1. The first-order chi connectivity index (χ1) is 22.5. The van der Waals surface area contributed by atoms with Crippen LogP contribution >= 0.6 is 0 Å². The number of unbranched alkanes of at least 4 members (excludes halogenated alkanes) is 7. The highest BCUT2D eigenvalue weighted by molar-refractivity contribution is 5.69. The number of rotatable bonds is 34. The molecule has 2 unspecified atom stereocenters. The molecule has 0 aromatic carbocycles. The summed E-state index contributed by atoms with van der Waals surface area (Å²) in [5.41, 5.74) is 4.45. The van der Waals surface area contributed by atoms with E-state index < -0.39 is 6.29 Å². The van der Waals surface area contributed by atoms with Crippen molar-refractivity contribution >= 4 is 5.97 Å². The molecule has 7 heteroatoms. The fourth-order valence-corrected chi connectivity index (χ4v) is 5.32. The zero-order valence-electron chi connectivity index (χ0n) is 31.0. The number of hydrogen-bond acceptors (Lipinski definition) is 7. The van der Waals surface area contributed by atoms with E-state index in [0.717, 1.165) is 132 Å². The quantitative estimate of drug-likeness (QED) is 0.0308. The van der Waals surface area contributed by atoms with Crippen molar-refractivity contribution in [1.82, 2.24) is 4.90 Å². The van der Waals surface area contributed by atoms with Gasteiger partial charge in [0.2, 0.25) is 0 Å². The topological polar surface area (TPSA) is 88.5 Å². The van der Waals surface area contributed by atoms with Crippen LogP contribution in [0.25, 0.3) is 0 Å². The summed E-state index contributed by atoms with van der Waals surface area (Å²) in [6, 6.07) is 0. The van der Waals surface area contributed by atoms with Crippen molar-refractivity contribution in [3.63, 3.8) is 0 Å². The second kappa shape index (κ2) is 30.3. The maximum absolute atomic E-state index is 12.6. The van der Waals surface area contributed by atoms with Crippen LogP contribution in [-0.2, 0) is 19.0 Å². The van der Waals surface area contributed by atoms with Gasteiger partial charge in [0.25, 0.3) is 0 Å². The van der Waals surface area contributed by atoms with Gasteiger partial charge in [0.05, 0.1) is 26.2 Å². The van der Waals surface area contributed by atoms with Crippen LogP contribution in [-0.4, -0.2) is 80.0 Å². The number of esters is 1. The molecule has 47 heavy (non-hydrogen) atoms. The summed E-state index contributed by atoms with van der Waals surface area (Å²) >= 11 is 0. The summed E-state index contributed by atoms with van der Waals surface area (Å²) in [7, 11) is 0. The molecular formula is C40H73NO6. The fraction of sp³-hybridized carbons (Fsp3) is 0.775. The number of nitrogens with zero attached hydrogens (tertiary/aromatic N) is 1. The monoisotopic (exact) mass is 664 g/mol.